The maximum atomic E-state index is 12.5. The summed E-state index contributed by atoms with van der Waals surface area (Å²) >= 11 is 0. The van der Waals surface area contributed by atoms with Crippen LogP contribution in [0.1, 0.15) is 26.2 Å². The van der Waals surface area contributed by atoms with Crippen molar-refractivity contribution in [3.05, 3.63) is 0 Å². The van der Waals surface area contributed by atoms with Crippen LogP contribution >= 0.6 is 0 Å². The summed E-state index contributed by atoms with van der Waals surface area (Å²) < 4.78 is 5.25. The second-order valence-corrected chi connectivity index (χ2v) is 5.14. The van der Waals surface area contributed by atoms with Crippen molar-refractivity contribution in [3.63, 3.8) is 0 Å². The number of hydrogen-bond acceptors (Lipinski definition) is 4. The maximum Gasteiger partial charge on any atom is 0.245 e. The Hall–Kier alpha value is -1.14. The molecule has 1 unspecified atom stereocenters. The summed E-state index contributed by atoms with van der Waals surface area (Å²) in [6.07, 6.45) is 2.23. The van der Waals surface area contributed by atoms with E-state index in [9.17, 15) is 9.59 Å². The average Bonchev–Trinajstić information content (AvgIpc) is 2.95. The van der Waals surface area contributed by atoms with Crippen LogP contribution in [0.4, 0.5) is 0 Å². The number of carbonyl (C=O) groups excluding carboxylic acids is 2. The van der Waals surface area contributed by atoms with Crippen LogP contribution in [0.2, 0.25) is 0 Å². The van der Waals surface area contributed by atoms with Crippen molar-refractivity contribution in [1.29, 1.82) is 0 Å². The highest BCUT2D eigenvalue weighted by Crippen LogP contribution is 2.21. The molecule has 0 aromatic carbocycles. The highest BCUT2D eigenvalue weighted by Gasteiger charge is 2.38. The topological polar surface area (TPSA) is 75.9 Å². The van der Waals surface area contributed by atoms with Crippen LogP contribution in [-0.2, 0) is 14.3 Å². The summed E-state index contributed by atoms with van der Waals surface area (Å²) in [6, 6.07) is -0.804. The van der Waals surface area contributed by atoms with Gasteiger partial charge in [0, 0.05) is 19.6 Å². The third-order valence-corrected chi connectivity index (χ3v) is 3.90. The molecular weight excluding hydrogens is 246 g/mol. The van der Waals surface area contributed by atoms with Crippen molar-refractivity contribution in [1.82, 2.24) is 9.80 Å². The van der Waals surface area contributed by atoms with E-state index in [1.165, 1.54) is 0 Å². The Kier molecular flexibility index (Phi) is 4.76. The molecule has 2 aliphatic heterocycles. The molecule has 0 radical (unpaired) electrons. The van der Waals surface area contributed by atoms with E-state index in [1.807, 2.05) is 6.92 Å². The van der Waals surface area contributed by atoms with Gasteiger partial charge in [0.05, 0.1) is 19.3 Å². The van der Waals surface area contributed by atoms with Gasteiger partial charge in [-0.2, -0.15) is 0 Å². The van der Waals surface area contributed by atoms with Crippen LogP contribution in [0.15, 0.2) is 0 Å². The van der Waals surface area contributed by atoms with Crippen LogP contribution in [0, 0.1) is 0 Å². The van der Waals surface area contributed by atoms with E-state index in [1.54, 1.807) is 9.80 Å². The molecule has 6 heteroatoms. The van der Waals surface area contributed by atoms with E-state index in [2.05, 4.69) is 0 Å². The number of hydrogen-bond donors (Lipinski definition) is 1. The van der Waals surface area contributed by atoms with E-state index in [0.29, 0.717) is 39.3 Å². The summed E-state index contributed by atoms with van der Waals surface area (Å²) in [5, 5.41) is 0. The molecule has 0 spiro atoms. The van der Waals surface area contributed by atoms with Gasteiger partial charge in [0.1, 0.15) is 6.04 Å². The van der Waals surface area contributed by atoms with E-state index in [0.717, 1.165) is 12.8 Å². The first kappa shape index (κ1) is 14.3. The van der Waals surface area contributed by atoms with E-state index >= 15 is 0 Å². The Morgan fingerprint density at radius 1 is 1.32 bits per heavy atom. The minimum atomic E-state index is -0.488. The number of carbonyl (C=O) groups is 2. The predicted octanol–water partition coefficient (Wildman–Crippen LogP) is -0.426. The molecule has 2 N–H and O–H groups in total. The van der Waals surface area contributed by atoms with E-state index in [4.69, 9.17) is 10.5 Å². The Balaban J connectivity index is 2.01. The highest BCUT2D eigenvalue weighted by atomic mass is 16.5. The number of ether oxygens (including phenoxy) is 1. The first-order chi connectivity index (χ1) is 9.15. The van der Waals surface area contributed by atoms with Crippen molar-refractivity contribution >= 4 is 11.8 Å². The third-order valence-electron chi connectivity index (χ3n) is 3.90. The fourth-order valence-electron chi connectivity index (χ4n) is 2.67. The van der Waals surface area contributed by atoms with Gasteiger partial charge in [0.25, 0.3) is 0 Å². The second-order valence-electron chi connectivity index (χ2n) is 5.14. The van der Waals surface area contributed by atoms with Crippen LogP contribution in [-0.4, -0.2) is 66.5 Å². The van der Waals surface area contributed by atoms with Gasteiger partial charge in [0.15, 0.2) is 0 Å². The number of nitrogens with zero attached hydrogens (tertiary/aromatic N) is 2. The lowest BCUT2D eigenvalue weighted by Crippen LogP contribution is -2.53. The first-order valence-corrected chi connectivity index (χ1v) is 7.07. The molecule has 2 amide bonds. The molecule has 6 nitrogen and oxygen atoms in total. The van der Waals surface area contributed by atoms with E-state index < -0.39 is 6.04 Å². The number of amides is 2. The van der Waals surface area contributed by atoms with Crippen molar-refractivity contribution < 1.29 is 14.3 Å². The molecule has 0 aromatic rings. The fraction of sp³-hybridized carbons (Fsp3) is 0.846. The van der Waals surface area contributed by atoms with Crippen LogP contribution in [0.5, 0.6) is 0 Å². The Morgan fingerprint density at radius 2 is 2.00 bits per heavy atom. The van der Waals surface area contributed by atoms with Crippen LogP contribution < -0.4 is 5.73 Å². The summed E-state index contributed by atoms with van der Waals surface area (Å²) in [6.45, 7) is 4.95. The van der Waals surface area contributed by atoms with Gasteiger partial charge in [-0.25, -0.2) is 0 Å². The van der Waals surface area contributed by atoms with Gasteiger partial charge in [-0.1, -0.05) is 6.92 Å². The SMILES string of the molecule is CC[C@H](N)C(=O)N1CCCC1C(=O)N1CCOCC1. The van der Waals surface area contributed by atoms with Gasteiger partial charge in [0.2, 0.25) is 11.8 Å². The number of morpholine rings is 1. The molecule has 0 aromatic heterocycles. The van der Waals surface area contributed by atoms with Crippen molar-refractivity contribution in [2.75, 3.05) is 32.8 Å². The van der Waals surface area contributed by atoms with Crippen molar-refractivity contribution in [2.45, 2.75) is 38.3 Å². The molecular formula is C13H23N3O3. The van der Waals surface area contributed by atoms with E-state index in [-0.39, 0.29) is 17.9 Å². The van der Waals surface area contributed by atoms with Crippen molar-refractivity contribution in [3.8, 4) is 0 Å². The summed E-state index contributed by atoms with van der Waals surface area (Å²) in [5.41, 5.74) is 5.80. The largest absolute Gasteiger partial charge is 0.378 e. The van der Waals surface area contributed by atoms with Gasteiger partial charge < -0.3 is 20.3 Å². The first-order valence-electron chi connectivity index (χ1n) is 7.07. The number of rotatable bonds is 3. The summed E-state index contributed by atoms with van der Waals surface area (Å²) in [5.74, 6) is -0.0379. The van der Waals surface area contributed by atoms with Crippen molar-refractivity contribution in [2.24, 2.45) is 5.73 Å². The zero-order valence-electron chi connectivity index (χ0n) is 11.5. The summed E-state index contributed by atoms with van der Waals surface area (Å²) in [7, 11) is 0. The molecule has 2 rings (SSSR count). The molecule has 2 fully saturated rings. The lowest BCUT2D eigenvalue weighted by atomic mass is 10.1. The highest BCUT2D eigenvalue weighted by molar-refractivity contribution is 5.90. The minimum Gasteiger partial charge on any atom is -0.378 e. The zero-order valence-corrected chi connectivity index (χ0v) is 11.5. The van der Waals surface area contributed by atoms with Crippen LogP contribution in [0.25, 0.3) is 0 Å². The lowest BCUT2D eigenvalue weighted by molar-refractivity contribution is -0.147. The van der Waals surface area contributed by atoms with Gasteiger partial charge in [-0.3, -0.25) is 9.59 Å². The number of likely N-dealkylation sites (tertiary alicyclic amines) is 1. The van der Waals surface area contributed by atoms with Gasteiger partial charge in [-0.15, -0.1) is 0 Å². The van der Waals surface area contributed by atoms with Crippen LogP contribution in [0.3, 0.4) is 0 Å². The maximum absolute atomic E-state index is 12.5. The van der Waals surface area contributed by atoms with Gasteiger partial charge in [-0.05, 0) is 19.3 Å². The molecule has 0 bridgehead atoms. The van der Waals surface area contributed by atoms with Gasteiger partial charge >= 0.3 is 0 Å². The third kappa shape index (κ3) is 3.06. The standard InChI is InChI=1S/C13H23N3O3/c1-2-10(14)12(17)16-5-3-4-11(16)13(18)15-6-8-19-9-7-15/h10-11H,2-9,14H2,1H3/t10-,11?/m0/s1. The minimum absolute atomic E-state index is 0.0532. The molecule has 0 aliphatic carbocycles. The lowest BCUT2D eigenvalue weighted by Gasteiger charge is -2.33. The predicted molar refractivity (Wildman–Crippen MR) is 70.4 cm³/mol. The molecule has 108 valence electrons. The second kappa shape index (κ2) is 6.34. The smallest absolute Gasteiger partial charge is 0.245 e. The zero-order chi connectivity index (χ0) is 13.8. The molecule has 0 saturated carbocycles. The molecule has 2 heterocycles. The normalized spacial score (nSPS) is 25.5. The monoisotopic (exact) mass is 269 g/mol. The molecule has 2 aliphatic rings. The quantitative estimate of drug-likeness (QED) is 0.754. The molecule has 19 heavy (non-hydrogen) atoms. The average molecular weight is 269 g/mol. The Labute approximate surface area is 113 Å². The fourth-order valence-corrected chi connectivity index (χ4v) is 2.67. The Bertz CT molecular complexity index is 342. The summed E-state index contributed by atoms with van der Waals surface area (Å²) in [4.78, 5) is 28.1. The molecule has 2 saturated heterocycles. The number of nitrogens with two attached hydrogens (primary N) is 1. The Morgan fingerprint density at radius 3 is 2.63 bits per heavy atom. The molecule has 2 atom stereocenters.